The minimum atomic E-state index is -0.171. The van der Waals surface area contributed by atoms with Gasteiger partial charge in [0.1, 0.15) is 5.82 Å². The molecule has 1 N–H and O–H groups in total. The predicted octanol–water partition coefficient (Wildman–Crippen LogP) is 3.91. The summed E-state index contributed by atoms with van der Waals surface area (Å²) >= 11 is 0. The van der Waals surface area contributed by atoms with Crippen LogP contribution in [0.15, 0.2) is 24.3 Å². The van der Waals surface area contributed by atoms with Crippen LogP contribution in [0.3, 0.4) is 0 Å². The van der Waals surface area contributed by atoms with E-state index in [0.717, 1.165) is 18.0 Å². The Kier molecular flexibility index (Phi) is 5.47. The van der Waals surface area contributed by atoms with Gasteiger partial charge >= 0.3 is 0 Å². The Morgan fingerprint density at radius 3 is 2.31 bits per heavy atom. The summed E-state index contributed by atoms with van der Waals surface area (Å²) in [6, 6.07) is 7.02. The van der Waals surface area contributed by atoms with Gasteiger partial charge in [-0.05, 0) is 49.9 Å². The Hall–Kier alpha value is -0.890. The molecule has 0 spiro atoms. The second-order valence-corrected chi connectivity index (χ2v) is 4.76. The molecule has 1 nitrogen and oxygen atoms in total. The Balaban J connectivity index is 2.29. The van der Waals surface area contributed by atoms with Crippen LogP contribution in [0.2, 0.25) is 0 Å². The lowest BCUT2D eigenvalue weighted by Gasteiger charge is -2.14. The van der Waals surface area contributed by atoms with Crippen molar-refractivity contribution >= 4 is 0 Å². The van der Waals surface area contributed by atoms with E-state index >= 15 is 0 Å². The van der Waals surface area contributed by atoms with E-state index < -0.39 is 0 Å². The minimum absolute atomic E-state index is 0.171. The number of rotatable bonds is 6. The molecule has 1 atom stereocenters. The third-order valence-corrected chi connectivity index (χ3v) is 2.78. The minimum Gasteiger partial charge on any atom is -0.310 e. The van der Waals surface area contributed by atoms with E-state index in [-0.39, 0.29) is 5.82 Å². The first-order valence-electron chi connectivity index (χ1n) is 6.08. The lowest BCUT2D eigenvalue weighted by molar-refractivity contribution is 0.497. The van der Waals surface area contributed by atoms with Crippen molar-refractivity contribution in [3.05, 3.63) is 35.6 Å². The number of halogens is 1. The van der Waals surface area contributed by atoms with Gasteiger partial charge in [0.05, 0.1) is 0 Å². The molecular formula is C14H22FN. The highest BCUT2D eigenvalue weighted by Crippen LogP contribution is 2.13. The number of benzene rings is 1. The molecule has 0 bridgehead atoms. The lowest BCUT2D eigenvalue weighted by Crippen LogP contribution is -2.20. The van der Waals surface area contributed by atoms with E-state index in [1.807, 2.05) is 12.1 Å². The van der Waals surface area contributed by atoms with Crippen LogP contribution in [-0.2, 0) is 0 Å². The fourth-order valence-electron chi connectivity index (χ4n) is 1.70. The van der Waals surface area contributed by atoms with Crippen LogP contribution in [0.25, 0.3) is 0 Å². The second-order valence-electron chi connectivity index (χ2n) is 4.76. The quantitative estimate of drug-likeness (QED) is 0.721. The first-order valence-corrected chi connectivity index (χ1v) is 6.08. The molecule has 90 valence electrons. The van der Waals surface area contributed by atoms with E-state index in [1.54, 1.807) is 0 Å². The Morgan fingerprint density at radius 2 is 1.75 bits per heavy atom. The van der Waals surface area contributed by atoms with Crippen molar-refractivity contribution in [2.75, 3.05) is 6.54 Å². The van der Waals surface area contributed by atoms with Crippen molar-refractivity contribution in [1.82, 2.24) is 5.32 Å². The molecule has 0 aliphatic heterocycles. The van der Waals surface area contributed by atoms with E-state index in [9.17, 15) is 4.39 Å². The standard InChI is InChI=1S/C14H22FN/c1-11(2)5-4-10-16-12(3)13-6-8-14(15)9-7-13/h6-9,11-12,16H,4-5,10H2,1-3H3/t12-/m1/s1. The molecule has 2 heteroatoms. The molecule has 0 unspecified atom stereocenters. The first kappa shape index (κ1) is 13.2. The van der Waals surface area contributed by atoms with E-state index in [1.165, 1.54) is 25.0 Å². The van der Waals surface area contributed by atoms with Crippen molar-refractivity contribution < 1.29 is 4.39 Å². The molecule has 1 aromatic rings. The largest absolute Gasteiger partial charge is 0.310 e. The monoisotopic (exact) mass is 223 g/mol. The molecule has 0 aliphatic carbocycles. The van der Waals surface area contributed by atoms with Crippen LogP contribution in [0.5, 0.6) is 0 Å². The summed E-state index contributed by atoms with van der Waals surface area (Å²) in [5.41, 5.74) is 1.14. The van der Waals surface area contributed by atoms with Crippen molar-refractivity contribution in [1.29, 1.82) is 0 Å². The van der Waals surface area contributed by atoms with Crippen molar-refractivity contribution in [3.63, 3.8) is 0 Å². The van der Waals surface area contributed by atoms with Gasteiger partial charge in [-0.1, -0.05) is 26.0 Å². The SMILES string of the molecule is CC(C)CCCN[C@H](C)c1ccc(F)cc1. The van der Waals surface area contributed by atoms with Gasteiger partial charge in [0, 0.05) is 6.04 Å². The van der Waals surface area contributed by atoms with Gasteiger partial charge in [-0.3, -0.25) is 0 Å². The summed E-state index contributed by atoms with van der Waals surface area (Å²) in [5, 5.41) is 3.45. The summed E-state index contributed by atoms with van der Waals surface area (Å²) in [4.78, 5) is 0. The maximum atomic E-state index is 12.7. The zero-order valence-electron chi connectivity index (χ0n) is 10.5. The molecule has 0 amide bonds. The molecular weight excluding hydrogens is 201 g/mol. The van der Waals surface area contributed by atoms with E-state index in [0.29, 0.717) is 6.04 Å². The molecule has 0 aliphatic rings. The van der Waals surface area contributed by atoms with E-state index in [4.69, 9.17) is 0 Å². The molecule has 1 aromatic carbocycles. The van der Waals surface area contributed by atoms with Crippen LogP contribution in [0.1, 0.15) is 45.2 Å². The molecule has 0 saturated heterocycles. The van der Waals surface area contributed by atoms with Crippen LogP contribution in [-0.4, -0.2) is 6.54 Å². The molecule has 0 radical (unpaired) electrons. The molecule has 0 aromatic heterocycles. The average molecular weight is 223 g/mol. The Labute approximate surface area is 98.1 Å². The highest BCUT2D eigenvalue weighted by Gasteiger charge is 2.04. The van der Waals surface area contributed by atoms with Gasteiger partial charge in [0.2, 0.25) is 0 Å². The molecule has 16 heavy (non-hydrogen) atoms. The predicted molar refractivity (Wildman–Crippen MR) is 66.9 cm³/mol. The van der Waals surface area contributed by atoms with Gasteiger partial charge in [-0.15, -0.1) is 0 Å². The highest BCUT2D eigenvalue weighted by atomic mass is 19.1. The van der Waals surface area contributed by atoms with Crippen molar-refractivity contribution in [2.45, 2.75) is 39.7 Å². The molecule has 0 heterocycles. The van der Waals surface area contributed by atoms with Gasteiger partial charge in [0.25, 0.3) is 0 Å². The third kappa shape index (κ3) is 4.75. The average Bonchev–Trinajstić information content (AvgIpc) is 2.25. The summed E-state index contributed by atoms with van der Waals surface area (Å²) in [6.07, 6.45) is 2.45. The summed E-state index contributed by atoms with van der Waals surface area (Å²) in [5.74, 6) is 0.596. The van der Waals surface area contributed by atoms with Crippen molar-refractivity contribution in [3.8, 4) is 0 Å². The Morgan fingerprint density at radius 1 is 1.12 bits per heavy atom. The number of nitrogens with one attached hydrogen (secondary N) is 1. The van der Waals surface area contributed by atoms with Crippen LogP contribution in [0.4, 0.5) is 4.39 Å². The molecule has 1 rings (SSSR count). The first-order chi connectivity index (χ1) is 7.59. The zero-order valence-corrected chi connectivity index (χ0v) is 10.5. The maximum Gasteiger partial charge on any atom is 0.123 e. The van der Waals surface area contributed by atoms with Crippen LogP contribution < -0.4 is 5.32 Å². The smallest absolute Gasteiger partial charge is 0.123 e. The fraction of sp³-hybridized carbons (Fsp3) is 0.571. The Bertz CT molecular complexity index is 292. The maximum absolute atomic E-state index is 12.7. The van der Waals surface area contributed by atoms with Crippen molar-refractivity contribution in [2.24, 2.45) is 5.92 Å². The topological polar surface area (TPSA) is 12.0 Å². The fourth-order valence-corrected chi connectivity index (χ4v) is 1.70. The van der Waals surface area contributed by atoms with Gasteiger partial charge in [-0.25, -0.2) is 4.39 Å². The summed E-state index contributed by atoms with van der Waals surface area (Å²) in [7, 11) is 0. The zero-order chi connectivity index (χ0) is 12.0. The second kappa shape index (κ2) is 6.64. The highest BCUT2D eigenvalue weighted by molar-refractivity contribution is 5.19. The number of hydrogen-bond acceptors (Lipinski definition) is 1. The van der Waals surface area contributed by atoms with Crippen LogP contribution in [0, 0.1) is 11.7 Å². The van der Waals surface area contributed by atoms with Gasteiger partial charge in [0.15, 0.2) is 0 Å². The van der Waals surface area contributed by atoms with E-state index in [2.05, 4.69) is 26.1 Å². The van der Waals surface area contributed by atoms with Gasteiger partial charge in [-0.2, -0.15) is 0 Å². The lowest BCUT2D eigenvalue weighted by atomic mass is 10.1. The third-order valence-electron chi connectivity index (χ3n) is 2.78. The van der Waals surface area contributed by atoms with Gasteiger partial charge < -0.3 is 5.32 Å². The summed E-state index contributed by atoms with van der Waals surface area (Å²) < 4.78 is 12.7. The number of hydrogen-bond donors (Lipinski definition) is 1. The summed E-state index contributed by atoms with van der Waals surface area (Å²) in [6.45, 7) is 7.62. The molecule has 0 fully saturated rings. The molecule has 0 saturated carbocycles. The van der Waals surface area contributed by atoms with Crippen LogP contribution >= 0.6 is 0 Å². The normalized spacial score (nSPS) is 13.1.